The molecule has 1 aliphatic rings. The van der Waals surface area contributed by atoms with Crippen molar-refractivity contribution < 1.29 is 8.42 Å². The van der Waals surface area contributed by atoms with E-state index in [1.807, 2.05) is 48.5 Å². The van der Waals surface area contributed by atoms with Crippen LogP contribution in [0.15, 0.2) is 69.9 Å². The van der Waals surface area contributed by atoms with E-state index < -0.39 is 10.0 Å². The SMILES string of the molecule is CCCn1c(-c2cccc(S(=O)(=O)N3CCC[C@@H](C)C3)c2)csc1=Nc1ccccc1. The van der Waals surface area contributed by atoms with E-state index in [2.05, 4.69) is 23.8 Å². The molecule has 0 bridgehead atoms. The lowest BCUT2D eigenvalue weighted by atomic mass is 10.0. The number of thiazole rings is 1. The van der Waals surface area contributed by atoms with Crippen molar-refractivity contribution in [3.8, 4) is 11.3 Å². The summed E-state index contributed by atoms with van der Waals surface area (Å²) in [5, 5.41) is 2.08. The summed E-state index contributed by atoms with van der Waals surface area (Å²) in [6, 6.07) is 17.3. The molecule has 0 radical (unpaired) electrons. The fourth-order valence-electron chi connectivity index (χ4n) is 4.03. The second-order valence-electron chi connectivity index (χ2n) is 8.14. The topological polar surface area (TPSA) is 54.7 Å². The standard InChI is InChI=1S/C24H29N3O2S2/c1-3-14-27-23(18-30-24(27)25-21-11-5-4-6-12-21)20-10-7-13-22(16-20)31(28,29)26-15-8-9-19(2)17-26/h4-7,10-13,16,18-19H,3,8-9,14-15,17H2,1-2H3/t19-/m1/s1. The summed E-state index contributed by atoms with van der Waals surface area (Å²) in [6.07, 6.45) is 2.98. The van der Waals surface area contributed by atoms with Crippen LogP contribution in [0.2, 0.25) is 0 Å². The van der Waals surface area contributed by atoms with Gasteiger partial charge in [-0.1, -0.05) is 44.2 Å². The van der Waals surface area contributed by atoms with Crippen molar-refractivity contribution in [3.05, 3.63) is 64.8 Å². The third-order valence-corrected chi connectivity index (χ3v) is 8.34. The predicted octanol–water partition coefficient (Wildman–Crippen LogP) is 5.28. The largest absolute Gasteiger partial charge is 0.316 e. The number of aromatic nitrogens is 1. The lowest BCUT2D eigenvalue weighted by Gasteiger charge is -2.30. The monoisotopic (exact) mass is 455 g/mol. The van der Waals surface area contributed by atoms with E-state index in [0.29, 0.717) is 23.9 Å². The summed E-state index contributed by atoms with van der Waals surface area (Å²) in [5.74, 6) is 0.400. The average molecular weight is 456 g/mol. The van der Waals surface area contributed by atoms with E-state index in [4.69, 9.17) is 4.99 Å². The quantitative estimate of drug-likeness (QED) is 0.508. The van der Waals surface area contributed by atoms with Crippen molar-refractivity contribution in [1.82, 2.24) is 8.87 Å². The van der Waals surface area contributed by atoms with Crippen LogP contribution < -0.4 is 4.80 Å². The summed E-state index contributed by atoms with van der Waals surface area (Å²) < 4.78 is 30.4. The molecule has 1 fully saturated rings. The Kier molecular flexibility index (Phi) is 6.74. The van der Waals surface area contributed by atoms with Crippen LogP contribution in [0.25, 0.3) is 11.3 Å². The number of piperidine rings is 1. The molecule has 164 valence electrons. The number of nitrogens with zero attached hydrogens (tertiary/aromatic N) is 3. The number of rotatable bonds is 6. The van der Waals surface area contributed by atoms with E-state index in [0.717, 1.165) is 47.6 Å². The molecule has 0 unspecified atom stereocenters. The fraction of sp³-hybridized carbons (Fsp3) is 0.375. The second kappa shape index (κ2) is 9.51. The van der Waals surface area contributed by atoms with E-state index >= 15 is 0 Å². The van der Waals surface area contributed by atoms with Crippen LogP contribution in [0.3, 0.4) is 0 Å². The zero-order valence-corrected chi connectivity index (χ0v) is 19.7. The minimum Gasteiger partial charge on any atom is -0.316 e. The number of para-hydroxylation sites is 1. The van der Waals surface area contributed by atoms with Gasteiger partial charge in [0.2, 0.25) is 10.0 Å². The van der Waals surface area contributed by atoms with Gasteiger partial charge in [0, 0.05) is 30.6 Å². The van der Waals surface area contributed by atoms with Gasteiger partial charge in [-0.3, -0.25) is 0 Å². The molecule has 0 saturated carbocycles. The summed E-state index contributed by atoms with van der Waals surface area (Å²) in [6.45, 7) is 6.28. The molecule has 1 atom stereocenters. The first-order valence-electron chi connectivity index (χ1n) is 10.9. The van der Waals surface area contributed by atoms with Crippen LogP contribution in [0, 0.1) is 5.92 Å². The van der Waals surface area contributed by atoms with E-state index in [9.17, 15) is 8.42 Å². The molecule has 0 N–H and O–H groups in total. The molecule has 1 aliphatic heterocycles. The van der Waals surface area contributed by atoms with Crippen molar-refractivity contribution >= 4 is 27.0 Å². The molecule has 4 rings (SSSR count). The van der Waals surface area contributed by atoms with Crippen LogP contribution in [0.4, 0.5) is 5.69 Å². The second-order valence-corrected chi connectivity index (χ2v) is 10.9. The van der Waals surface area contributed by atoms with Gasteiger partial charge >= 0.3 is 0 Å². The number of hydrogen-bond donors (Lipinski definition) is 0. The molecular formula is C24H29N3O2S2. The van der Waals surface area contributed by atoms with E-state index in [1.165, 1.54) is 0 Å². The van der Waals surface area contributed by atoms with E-state index in [1.54, 1.807) is 21.7 Å². The summed E-state index contributed by atoms with van der Waals surface area (Å²) in [4.78, 5) is 6.10. The van der Waals surface area contributed by atoms with Crippen molar-refractivity contribution in [2.75, 3.05) is 13.1 Å². The molecule has 2 aromatic carbocycles. The molecule has 1 saturated heterocycles. The highest BCUT2D eigenvalue weighted by Crippen LogP contribution is 2.28. The fourth-order valence-corrected chi connectivity index (χ4v) is 6.63. The average Bonchev–Trinajstić information content (AvgIpc) is 3.17. The summed E-state index contributed by atoms with van der Waals surface area (Å²) in [7, 11) is -3.49. The Morgan fingerprint density at radius 3 is 2.68 bits per heavy atom. The Balaban J connectivity index is 1.73. The molecule has 0 spiro atoms. The smallest absolute Gasteiger partial charge is 0.243 e. The zero-order chi connectivity index (χ0) is 21.8. The molecule has 3 aromatic rings. The Morgan fingerprint density at radius 1 is 1.13 bits per heavy atom. The summed E-state index contributed by atoms with van der Waals surface area (Å²) >= 11 is 1.58. The molecule has 5 nitrogen and oxygen atoms in total. The van der Waals surface area contributed by atoms with Gasteiger partial charge < -0.3 is 4.57 Å². The molecule has 2 heterocycles. The molecule has 7 heteroatoms. The van der Waals surface area contributed by atoms with Crippen molar-refractivity contribution in [3.63, 3.8) is 0 Å². The highest BCUT2D eigenvalue weighted by molar-refractivity contribution is 7.89. The Morgan fingerprint density at radius 2 is 1.94 bits per heavy atom. The first-order valence-corrected chi connectivity index (χ1v) is 13.2. The Labute approximate surface area is 188 Å². The van der Waals surface area contributed by atoms with Gasteiger partial charge in [-0.2, -0.15) is 4.31 Å². The van der Waals surface area contributed by atoms with Crippen molar-refractivity contribution in [1.29, 1.82) is 0 Å². The zero-order valence-electron chi connectivity index (χ0n) is 18.1. The van der Waals surface area contributed by atoms with Crippen LogP contribution in [-0.4, -0.2) is 30.4 Å². The number of hydrogen-bond acceptors (Lipinski definition) is 4. The maximum atomic E-state index is 13.3. The molecule has 0 amide bonds. The molecular weight excluding hydrogens is 426 g/mol. The first-order chi connectivity index (χ1) is 15.0. The normalized spacial score (nSPS) is 18.4. The predicted molar refractivity (Wildman–Crippen MR) is 127 cm³/mol. The first kappa shape index (κ1) is 22.0. The van der Waals surface area contributed by atoms with Crippen molar-refractivity contribution in [2.24, 2.45) is 10.9 Å². The van der Waals surface area contributed by atoms with Crippen LogP contribution in [-0.2, 0) is 16.6 Å². The van der Waals surface area contributed by atoms with Gasteiger partial charge in [0.15, 0.2) is 4.80 Å². The lowest BCUT2D eigenvalue weighted by Crippen LogP contribution is -2.39. The molecule has 0 aliphatic carbocycles. The van der Waals surface area contributed by atoms with Crippen LogP contribution >= 0.6 is 11.3 Å². The van der Waals surface area contributed by atoms with Crippen LogP contribution in [0.5, 0.6) is 0 Å². The van der Waals surface area contributed by atoms with Gasteiger partial charge in [0.1, 0.15) is 0 Å². The minimum absolute atomic E-state index is 0.370. The highest BCUT2D eigenvalue weighted by atomic mass is 32.2. The third-order valence-electron chi connectivity index (χ3n) is 5.61. The van der Waals surface area contributed by atoms with Crippen LogP contribution in [0.1, 0.15) is 33.1 Å². The Bertz CT molecular complexity index is 1200. The molecule has 31 heavy (non-hydrogen) atoms. The molecule has 1 aromatic heterocycles. The van der Waals surface area contributed by atoms with Gasteiger partial charge in [-0.25, -0.2) is 13.4 Å². The van der Waals surface area contributed by atoms with Gasteiger partial charge in [-0.15, -0.1) is 11.3 Å². The van der Waals surface area contributed by atoms with Gasteiger partial charge in [-0.05, 0) is 49.4 Å². The van der Waals surface area contributed by atoms with E-state index in [-0.39, 0.29) is 0 Å². The van der Waals surface area contributed by atoms with Gasteiger partial charge in [0.05, 0.1) is 16.3 Å². The maximum absolute atomic E-state index is 13.3. The Hall–Kier alpha value is -2.22. The highest BCUT2D eigenvalue weighted by Gasteiger charge is 2.29. The number of benzene rings is 2. The number of sulfonamides is 1. The van der Waals surface area contributed by atoms with Gasteiger partial charge in [0.25, 0.3) is 0 Å². The van der Waals surface area contributed by atoms with Crippen molar-refractivity contribution in [2.45, 2.75) is 44.6 Å². The summed E-state index contributed by atoms with van der Waals surface area (Å²) in [5.41, 5.74) is 2.83. The third kappa shape index (κ3) is 4.84. The minimum atomic E-state index is -3.49. The lowest BCUT2D eigenvalue weighted by molar-refractivity contribution is 0.281. The maximum Gasteiger partial charge on any atom is 0.243 e.